The highest BCUT2D eigenvalue weighted by molar-refractivity contribution is 9.10. The predicted molar refractivity (Wildman–Crippen MR) is 96.5 cm³/mol. The number of imide groups is 1. The first-order valence-electron chi connectivity index (χ1n) is 7.07. The van der Waals surface area contributed by atoms with Gasteiger partial charge >= 0.3 is 11.8 Å². The topological polar surface area (TPSA) is 92.5 Å². The lowest BCUT2D eigenvalue weighted by molar-refractivity contribution is -0.136. The standard InChI is InChI=1S/C17H16BrN3O3/c1-10-6-7-15(14(18)8-10)20-16(23)17(24)21(11(2)22)13-5-3-4-12(19)9-13/h3-9H,19H2,1-2H3,(H,20,23). The fraction of sp³-hybridized carbons (Fsp3) is 0.118. The summed E-state index contributed by atoms with van der Waals surface area (Å²) in [5.74, 6) is -2.48. The van der Waals surface area contributed by atoms with Crippen LogP contribution in [0.3, 0.4) is 0 Å². The highest BCUT2D eigenvalue weighted by atomic mass is 79.9. The number of halogens is 1. The minimum absolute atomic E-state index is 0.241. The summed E-state index contributed by atoms with van der Waals surface area (Å²) >= 11 is 3.32. The molecule has 0 saturated carbocycles. The highest BCUT2D eigenvalue weighted by Gasteiger charge is 2.27. The largest absolute Gasteiger partial charge is 0.399 e. The maximum atomic E-state index is 12.4. The quantitative estimate of drug-likeness (QED) is 0.609. The summed E-state index contributed by atoms with van der Waals surface area (Å²) in [4.78, 5) is 37.3. The number of carbonyl (C=O) groups is 3. The molecule has 2 aromatic carbocycles. The molecule has 0 saturated heterocycles. The van der Waals surface area contributed by atoms with Crippen LogP contribution in [-0.2, 0) is 14.4 Å². The molecule has 6 nitrogen and oxygen atoms in total. The van der Waals surface area contributed by atoms with Gasteiger partial charge in [-0.05, 0) is 58.7 Å². The lowest BCUT2D eigenvalue weighted by Crippen LogP contribution is -2.42. The molecule has 124 valence electrons. The van der Waals surface area contributed by atoms with E-state index in [0.29, 0.717) is 15.8 Å². The van der Waals surface area contributed by atoms with Crippen molar-refractivity contribution >= 4 is 50.7 Å². The maximum Gasteiger partial charge on any atom is 0.323 e. The minimum Gasteiger partial charge on any atom is -0.399 e. The summed E-state index contributed by atoms with van der Waals surface area (Å²) in [5, 5.41) is 2.50. The normalized spacial score (nSPS) is 10.1. The lowest BCUT2D eigenvalue weighted by Gasteiger charge is -2.19. The van der Waals surface area contributed by atoms with Gasteiger partial charge in [-0.3, -0.25) is 14.4 Å². The van der Waals surface area contributed by atoms with Gasteiger partial charge in [0.1, 0.15) is 0 Å². The van der Waals surface area contributed by atoms with E-state index >= 15 is 0 Å². The molecule has 7 heteroatoms. The van der Waals surface area contributed by atoms with E-state index in [1.54, 1.807) is 30.3 Å². The smallest absolute Gasteiger partial charge is 0.323 e. The molecule has 0 aliphatic carbocycles. The number of amides is 3. The first-order chi connectivity index (χ1) is 11.3. The summed E-state index contributed by atoms with van der Waals surface area (Å²) in [7, 11) is 0. The van der Waals surface area contributed by atoms with Crippen LogP contribution in [0.5, 0.6) is 0 Å². The van der Waals surface area contributed by atoms with Crippen molar-refractivity contribution < 1.29 is 14.4 Å². The molecule has 3 N–H and O–H groups in total. The molecule has 0 aliphatic rings. The Kier molecular flexibility index (Phi) is 5.35. The van der Waals surface area contributed by atoms with Crippen molar-refractivity contribution in [3.63, 3.8) is 0 Å². The van der Waals surface area contributed by atoms with E-state index in [2.05, 4.69) is 21.2 Å². The number of hydrogen-bond acceptors (Lipinski definition) is 4. The Bertz CT molecular complexity index is 820. The number of rotatable bonds is 2. The van der Waals surface area contributed by atoms with Crippen LogP contribution >= 0.6 is 15.9 Å². The summed E-state index contributed by atoms with van der Waals surface area (Å²) in [6.45, 7) is 3.11. The van der Waals surface area contributed by atoms with Crippen LogP contribution in [0.2, 0.25) is 0 Å². The Morgan fingerprint density at radius 2 is 1.83 bits per heavy atom. The Hall–Kier alpha value is -2.67. The van der Waals surface area contributed by atoms with Crippen LogP contribution in [0, 0.1) is 6.92 Å². The third-order valence-electron chi connectivity index (χ3n) is 3.21. The Labute approximate surface area is 147 Å². The number of nitrogens with zero attached hydrogens (tertiary/aromatic N) is 1. The van der Waals surface area contributed by atoms with E-state index < -0.39 is 17.7 Å². The lowest BCUT2D eigenvalue weighted by atomic mass is 10.2. The average molecular weight is 390 g/mol. The van der Waals surface area contributed by atoms with E-state index in [4.69, 9.17) is 5.73 Å². The third kappa shape index (κ3) is 3.99. The van der Waals surface area contributed by atoms with Gasteiger partial charge in [0.2, 0.25) is 5.91 Å². The van der Waals surface area contributed by atoms with Gasteiger partial charge in [-0.15, -0.1) is 0 Å². The van der Waals surface area contributed by atoms with Gasteiger partial charge < -0.3 is 11.1 Å². The van der Waals surface area contributed by atoms with Crippen molar-refractivity contribution in [2.75, 3.05) is 16.0 Å². The first kappa shape index (κ1) is 17.7. The summed E-state index contributed by atoms with van der Waals surface area (Å²) in [5.41, 5.74) is 7.73. The summed E-state index contributed by atoms with van der Waals surface area (Å²) in [6.07, 6.45) is 0. The average Bonchev–Trinajstić information content (AvgIpc) is 2.49. The number of nitrogen functional groups attached to an aromatic ring is 1. The second-order valence-electron chi connectivity index (χ2n) is 5.19. The molecule has 3 amide bonds. The van der Waals surface area contributed by atoms with Crippen molar-refractivity contribution in [1.82, 2.24) is 0 Å². The molecular formula is C17H16BrN3O3. The zero-order valence-electron chi connectivity index (χ0n) is 13.2. The molecule has 0 fully saturated rings. The predicted octanol–water partition coefficient (Wildman–Crippen LogP) is 2.86. The number of benzene rings is 2. The molecule has 2 aromatic rings. The van der Waals surface area contributed by atoms with Crippen LogP contribution in [0.15, 0.2) is 46.9 Å². The fourth-order valence-electron chi connectivity index (χ4n) is 2.10. The fourth-order valence-corrected chi connectivity index (χ4v) is 2.70. The van der Waals surface area contributed by atoms with Gasteiger partial charge in [0.15, 0.2) is 0 Å². The molecule has 0 atom stereocenters. The van der Waals surface area contributed by atoms with Gasteiger partial charge in [0, 0.05) is 17.1 Å². The summed E-state index contributed by atoms with van der Waals surface area (Å²) < 4.78 is 0.641. The number of anilines is 3. The molecule has 0 bridgehead atoms. The van der Waals surface area contributed by atoms with Crippen molar-refractivity contribution in [3.8, 4) is 0 Å². The van der Waals surface area contributed by atoms with E-state index in [9.17, 15) is 14.4 Å². The number of nitrogens with one attached hydrogen (secondary N) is 1. The van der Waals surface area contributed by atoms with E-state index in [1.807, 2.05) is 6.92 Å². The second kappa shape index (κ2) is 7.27. The van der Waals surface area contributed by atoms with E-state index in [1.165, 1.54) is 19.1 Å². The Balaban J connectivity index is 2.26. The Morgan fingerprint density at radius 1 is 1.12 bits per heavy atom. The minimum atomic E-state index is -0.986. The number of nitrogens with two attached hydrogens (primary N) is 1. The van der Waals surface area contributed by atoms with Crippen LogP contribution in [0.1, 0.15) is 12.5 Å². The van der Waals surface area contributed by atoms with Crippen molar-refractivity contribution in [1.29, 1.82) is 0 Å². The zero-order valence-corrected chi connectivity index (χ0v) is 14.8. The molecule has 0 radical (unpaired) electrons. The Morgan fingerprint density at radius 3 is 2.42 bits per heavy atom. The van der Waals surface area contributed by atoms with Crippen LogP contribution < -0.4 is 16.0 Å². The molecule has 24 heavy (non-hydrogen) atoms. The third-order valence-corrected chi connectivity index (χ3v) is 3.87. The van der Waals surface area contributed by atoms with E-state index in [-0.39, 0.29) is 5.69 Å². The monoisotopic (exact) mass is 389 g/mol. The van der Waals surface area contributed by atoms with Gasteiger partial charge in [-0.1, -0.05) is 12.1 Å². The van der Waals surface area contributed by atoms with Crippen LogP contribution in [0.25, 0.3) is 0 Å². The SMILES string of the molecule is CC(=O)N(C(=O)C(=O)Nc1ccc(C)cc1Br)c1cccc(N)c1. The number of carbonyl (C=O) groups excluding carboxylic acids is 3. The molecule has 0 heterocycles. The molecular weight excluding hydrogens is 374 g/mol. The van der Waals surface area contributed by atoms with Gasteiger partial charge in [0.05, 0.1) is 11.4 Å². The number of aryl methyl sites for hydroxylation is 1. The second-order valence-corrected chi connectivity index (χ2v) is 6.05. The van der Waals surface area contributed by atoms with Crippen molar-refractivity contribution in [2.24, 2.45) is 0 Å². The molecule has 2 rings (SSSR count). The van der Waals surface area contributed by atoms with Gasteiger partial charge in [0.25, 0.3) is 0 Å². The molecule has 0 spiro atoms. The molecule has 0 unspecified atom stereocenters. The van der Waals surface area contributed by atoms with Gasteiger partial charge in [-0.2, -0.15) is 0 Å². The van der Waals surface area contributed by atoms with E-state index in [0.717, 1.165) is 10.5 Å². The molecule has 0 aromatic heterocycles. The van der Waals surface area contributed by atoms with Crippen molar-refractivity contribution in [2.45, 2.75) is 13.8 Å². The van der Waals surface area contributed by atoms with Crippen molar-refractivity contribution in [3.05, 3.63) is 52.5 Å². The van der Waals surface area contributed by atoms with Crippen LogP contribution in [0.4, 0.5) is 17.1 Å². The molecule has 0 aliphatic heterocycles. The first-order valence-corrected chi connectivity index (χ1v) is 7.86. The van der Waals surface area contributed by atoms with Gasteiger partial charge in [-0.25, -0.2) is 4.90 Å². The zero-order chi connectivity index (χ0) is 17.9. The van der Waals surface area contributed by atoms with Crippen LogP contribution in [-0.4, -0.2) is 17.7 Å². The summed E-state index contributed by atoms with van der Waals surface area (Å²) in [6, 6.07) is 11.5. The maximum absolute atomic E-state index is 12.4. The number of hydrogen-bond donors (Lipinski definition) is 2. The highest BCUT2D eigenvalue weighted by Crippen LogP contribution is 2.24.